The Morgan fingerprint density at radius 3 is 2.94 bits per heavy atom. The quantitative estimate of drug-likeness (QED) is 0.884. The second-order valence-electron chi connectivity index (χ2n) is 5.76. The standard InChI is InChI=1S/C16H23NO/c18-12-15-8-4-10-17(15)11-14-7-3-6-13-5-1-2-9-16(13)14/h1-2,5,9,14-15,18H,3-4,6-8,10-12H2/t14?,15-/m0/s1. The molecule has 1 fully saturated rings. The van der Waals surface area contributed by atoms with Gasteiger partial charge in [0, 0.05) is 12.6 Å². The van der Waals surface area contributed by atoms with Crippen molar-refractivity contribution in [1.29, 1.82) is 0 Å². The van der Waals surface area contributed by atoms with Crippen molar-refractivity contribution in [3.05, 3.63) is 35.4 Å². The number of aliphatic hydroxyl groups is 1. The fourth-order valence-electron chi connectivity index (χ4n) is 3.67. The molecule has 18 heavy (non-hydrogen) atoms. The summed E-state index contributed by atoms with van der Waals surface area (Å²) in [6.45, 7) is 2.64. The van der Waals surface area contributed by atoms with Gasteiger partial charge in [-0.05, 0) is 55.7 Å². The van der Waals surface area contributed by atoms with E-state index in [-0.39, 0.29) is 0 Å². The van der Waals surface area contributed by atoms with E-state index in [9.17, 15) is 5.11 Å². The van der Waals surface area contributed by atoms with Crippen molar-refractivity contribution in [2.24, 2.45) is 0 Å². The van der Waals surface area contributed by atoms with Gasteiger partial charge in [0.1, 0.15) is 0 Å². The Hall–Kier alpha value is -0.860. The molecule has 1 aromatic carbocycles. The molecule has 1 saturated heterocycles. The Morgan fingerprint density at radius 1 is 1.17 bits per heavy atom. The first-order chi connectivity index (χ1) is 8.88. The van der Waals surface area contributed by atoms with Crippen LogP contribution in [0.4, 0.5) is 0 Å². The third-order valence-corrected chi connectivity index (χ3v) is 4.66. The zero-order chi connectivity index (χ0) is 12.4. The van der Waals surface area contributed by atoms with Gasteiger partial charge in [-0.3, -0.25) is 4.90 Å². The third-order valence-electron chi connectivity index (χ3n) is 4.66. The highest BCUT2D eigenvalue weighted by Gasteiger charge is 2.28. The first-order valence-corrected chi connectivity index (χ1v) is 7.31. The minimum Gasteiger partial charge on any atom is -0.395 e. The van der Waals surface area contributed by atoms with Gasteiger partial charge in [0.15, 0.2) is 0 Å². The number of nitrogens with zero attached hydrogens (tertiary/aromatic N) is 1. The molecule has 0 saturated carbocycles. The fourth-order valence-corrected chi connectivity index (χ4v) is 3.67. The van der Waals surface area contributed by atoms with Crippen LogP contribution in [0, 0.1) is 0 Å². The summed E-state index contributed by atoms with van der Waals surface area (Å²) in [4.78, 5) is 2.51. The van der Waals surface area contributed by atoms with Crippen LogP contribution in [0.2, 0.25) is 0 Å². The molecule has 1 N–H and O–H groups in total. The highest BCUT2D eigenvalue weighted by molar-refractivity contribution is 5.32. The summed E-state index contributed by atoms with van der Waals surface area (Å²) in [6, 6.07) is 9.34. The molecule has 0 spiro atoms. The van der Waals surface area contributed by atoms with E-state index in [4.69, 9.17) is 0 Å². The monoisotopic (exact) mass is 245 g/mol. The molecule has 0 aromatic heterocycles. The molecular formula is C16H23NO. The van der Waals surface area contributed by atoms with E-state index in [1.54, 1.807) is 11.1 Å². The van der Waals surface area contributed by atoms with E-state index in [2.05, 4.69) is 29.2 Å². The third kappa shape index (κ3) is 2.32. The van der Waals surface area contributed by atoms with Crippen molar-refractivity contribution in [3.63, 3.8) is 0 Å². The maximum absolute atomic E-state index is 9.42. The van der Waals surface area contributed by atoms with Crippen LogP contribution in [-0.4, -0.2) is 35.7 Å². The number of fused-ring (bicyclic) bond motifs is 1. The lowest BCUT2D eigenvalue weighted by Crippen LogP contribution is -2.36. The van der Waals surface area contributed by atoms with Crippen LogP contribution < -0.4 is 0 Å². The molecule has 1 aliphatic heterocycles. The minimum absolute atomic E-state index is 0.328. The van der Waals surface area contributed by atoms with E-state index in [0.29, 0.717) is 18.6 Å². The molecule has 98 valence electrons. The predicted octanol–water partition coefficient (Wildman–Crippen LogP) is 2.56. The predicted molar refractivity (Wildman–Crippen MR) is 73.8 cm³/mol. The molecular weight excluding hydrogens is 222 g/mol. The number of hydrogen-bond acceptors (Lipinski definition) is 2. The maximum atomic E-state index is 9.42. The van der Waals surface area contributed by atoms with E-state index in [0.717, 1.165) is 6.54 Å². The van der Waals surface area contributed by atoms with E-state index >= 15 is 0 Å². The van der Waals surface area contributed by atoms with Gasteiger partial charge in [0.2, 0.25) is 0 Å². The fraction of sp³-hybridized carbons (Fsp3) is 0.625. The van der Waals surface area contributed by atoms with E-state index < -0.39 is 0 Å². The summed E-state index contributed by atoms with van der Waals surface area (Å²) in [5, 5.41) is 9.42. The summed E-state index contributed by atoms with van der Waals surface area (Å²) in [6.07, 6.45) is 6.30. The molecule has 1 unspecified atom stereocenters. The summed E-state index contributed by atoms with van der Waals surface area (Å²) in [7, 11) is 0. The SMILES string of the molecule is OC[C@@H]1CCCN1CC1CCCc2ccccc21. The van der Waals surface area contributed by atoms with Crippen LogP contribution in [0.1, 0.15) is 42.7 Å². The first-order valence-electron chi connectivity index (χ1n) is 7.31. The summed E-state index contributed by atoms with van der Waals surface area (Å²) in [5.41, 5.74) is 3.11. The summed E-state index contributed by atoms with van der Waals surface area (Å²) >= 11 is 0. The zero-order valence-electron chi connectivity index (χ0n) is 11.0. The number of hydrogen-bond donors (Lipinski definition) is 1. The van der Waals surface area contributed by atoms with Gasteiger partial charge < -0.3 is 5.11 Å². The van der Waals surface area contributed by atoms with Crippen molar-refractivity contribution in [3.8, 4) is 0 Å². The smallest absolute Gasteiger partial charge is 0.0586 e. The zero-order valence-corrected chi connectivity index (χ0v) is 11.0. The second-order valence-corrected chi connectivity index (χ2v) is 5.76. The molecule has 3 rings (SSSR count). The van der Waals surface area contributed by atoms with Crippen molar-refractivity contribution >= 4 is 0 Å². The van der Waals surface area contributed by atoms with Crippen LogP contribution in [0.5, 0.6) is 0 Å². The van der Waals surface area contributed by atoms with Gasteiger partial charge in [-0.15, -0.1) is 0 Å². The van der Waals surface area contributed by atoms with Crippen LogP contribution in [0.25, 0.3) is 0 Å². The highest BCUT2D eigenvalue weighted by Crippen LogP contribution is 2.33. The van der Waals surface area contributed by atoms with Gasteiger partial charge in [-0.1, -0.05) is 24.3 Å². The first kappa shape index (κ1) is 12.2. The van der Waals surface area contributed by atoms with Crippen molar-refractivity contribution in [1.82, 2.24) is 4.90 Å². The van der Waals surface area contributed by atoms with Gasteiger partial charge in [-0.2, -0.15) is 0 Å². The number of aliphatic hydroxyl groups excluding tert-OH is 1. The molecule has 2 atom stereocenters. The van der Waals surface area contributed by atoms with Gasteiger partial charge in [0.25, 0.3) is 0 Å². The largest absolute Gasteiger partial charge is 0.395 e. The average molecular weight is 245 g/mol. The molecule has 2 nitrogen and oxygen atoms in total. The van der Waals surface area contributed by atoms with E-state index in [1.165, 1.54) is 38.6 Å². The highest BCUT2D eigenvalue weighted by atomic mass is 16.3. The number of benzene rings is 1. The van der Waals surface area contributed by atoms with Crippen LogP contribution in [0.15, 0.2) is 24.3 Å². The molecule has 0 radical (unpaired) electrons. The molecule has 1 aromatic rings. The normalized spacial score (nSPS) is 28.3. The van der Waals surface area contributed by atoms with Crippen molar-refractivity contribution < 1.29 is 5.11 Å². The topological polar surface area (TPSA) is 23.5 Å². The Labute approximate surface area is 110 Å². The lowest BCUT2D eigenvalue weighted by Gasteiger charge is -2.31. The van der Waals surface area contributed by atoms with Crippen LogP contribution in [0.3, 0.4) is 0 Å². The number of likely N-dealkylation sites (tertiary alicyclic amines) is 1. The van der Waals surface area contributed by atoms with Crippen molar-refractivity contribution in [2.45, 2.75) is 44.1 Å². The molecule has 1 heterocycles. The maximum Gasteiger partial charge on any atom is 0.0586 e. The molecule has 2 heteroatoms. The molecule has 2 aliphatic rings. The molecule has 1 aliphatic carbocycles. The Balaban J connectivity index is 1.74. The molecule has 0 amide bonds. The lowest BCUT2D eigenvalue weighted by molar-refractivity contribution is 0.150. The Kier molecular flexibility index (Phi) is 3.67. The summed E-state index contributed by atoms with van der Waals surface area (Å²) in [5.74, 6) is 0.682. The number of rotatable bonds is 3. The molecule has 0 bridgehead atoms. The summed E-state index contributed by atoms with van der Waals surface area (Å²) < 4.78 is 0. The number of aryl methyl sites for hydroxylation is 1. The lowest BCUT2D eigenvalue weighted by atomic mass is 9.82. The average Bonchev–Trinajstić information content (AvgIpc) is 2.86. The minimum atomic E-state index is 0.328. The van der Waals surface area contributed by atoms with Gasteiger partial charge in [-0.25, -0.2) is 0 Å². The Bertz CT molecular complexity index is 404. The second kappa shape index (κ2) is 5.41. The Morgan fingerprint density at radius 2 is 2.06 bits per heavy atom. The van der Waals surface area contributed by atoms with Crippen LogP contribution in [-0.2, 0) is 6.42 Å². The van der Waals surface area contributed by atoms with Gasteiger partial charge in [0.05, 0.1) is 6.61 Å². The van der Waals surface area contributed by atoms with Gasteiger partial charge >= 0.3 is 0 Å². The van der Waals surface area contributed by atoms with Crippen molar-refractivity contribution in [2.75, 3.05) is 19.7 Å². The van der Waals surface area contributed by atoms with Crippen LogP contribution >= 0.6 is 0 Å². The van der Waals surface area contributed by atoms with E-state index in [1.807, 2.05) is 0 Å².